The van der Waals surface area contributed by atoms with Crippen LogP contribution in [0, 0.1) is 11.8 Å². The average Bonchev–Trinajstić information content (AvgIpc) is 2.87. The zero-order valence-electron chi connectivity index (χ0n) is 21.7. The predicted molar refractivity (Wildman–Crippen MR) is 144 cm³/mol. The van der Waals surface area contributed by atoms with Crippen molar-refractivity contribution in [3.05, 3.63) is 65.7 Å². The lowest BCUT2D eigenvalue weighted by Gasteiger charge is -2.41. The molecule has 186 valence electrons. The zero-order valence-corrected chi connectivity index (χ0v) is 21.7. The molecule has 2 atom stereocenters. The van der Waals surface area contributed by atoms with Gasteiger partial charge in [0.15, 0.2) is 0 Å². The standard InChI is InChI=1S/C30H45N3O/c1-5-24(4)29(31)30(34)32-20-18-28(19-21-32)33(22-17-23(2)3)27-15-13-26(14-16-27)12-11-25-9-7-6-8-10-25/h6-10,13-16,23-24,28-29H,5,11-12,17-22,31H2,1-4H3/t24?,29-/m0/s1. The van der Waals surface area contributed by atoms with Gasteiger partial charge in [0, 0.05) is 31.4 Å². The Labute approximate surface area is 207 Å². The van der Waals surface area contributed by atoms with Gasteiger partial charge in [-0.25, -0.2) is 0 Å². The van der Waals surface area contributed by atoms with Crippen LogP contribution < -0.4 is 10.6 Å². The first-order valence-electron chi connectivity index (χ1n) is 13.3. The summed E-state index contributed by atoms with van der Waals surface area (Å²) < 4.78 is 0. The number of carbonyl (C=O) groups excluding carboxylic acids is 1. The van der Waals surface area contributed by atoms with Gasteiger partial charge in [0.2, 0.25) is 5.91 Å². The fourth-order valence-electron chi connectivity index (χ4n) is 4.81. The van der Waals surface area contributed by atoms with Crippen LogP contribution in [0.15, 0.2) is 54.6 Å². The number of likely N-dealkylation sites (tertiary alicyclic amines) is 1. The van der Waals surface area contributed by atoms with E-state index in [-0.39, 0.29) is 17.9 Å². The van der Waals surface area contributed by atoms with Crippen LogP contribution in [0.3, 0.4) is 0 Å². The molecule has 1 heterocycles. The minimum absolute atomic E-state index is 0.129. The van der Waals surface area contributed by atoms with Crippen molar-refractivity contribution in [3.63, 3.8) is 0 Å². The number of aryl methyl sites for hydroxylation is 2. The summed E-state index contributed by atoms with van der Waals surface area (Å²) >= 11 is 0. The lowest BCUT2D eigenvalue weighted by atomic mass is 9.96. The van der Waals surface area contributed by atoms with Crippen molar-refractivity contribution < 1.29 is 4.79 Å². The second kappa shape index (κ2) is 12.9. The van der Waals surface area contributed by atoms with Crippen LogP contribution in [0.1, 0.15) is 64.5 Å². The summed E-state index contributed by atoms with van der Waals surface area (Å²) in [4.78, 5) is 17.4. The molecule has 1 unspecified atom stereocenters. The SMILES string of the molecule is CCC(C)[C@H](N)C(=O)N1CCC(N(CCC(C)C)c2ccc(CCc3ccccc3)cc2)CC1. The highest BCUT2D eigenvalue weighted by molar-refractivity contribution is 5.82. The van der Waals surface area contributed by atoms with Gasteiger partial charge in [0.25, 0.3) is 0 Å². The summed E-state index contributed by atoms with van der Waals surface area (Å²) in [5, 5.41) is 0. The van der Waals surface area contributed by atoms with E-state index in [1.165, 1.54) is 23.2 Å². The maximum Gasteiger partial charge on any atom is 0.239 e. The largest absolute Gasteiger partial charge is 0.368 e. The molecule has 0 aromatic heterocycles. The molecule has 0 aliphatic carbocycles. The number of hydrogen-bond donors (Lipinski definition) is 1. The molecule has 3 rings (SSSR count). The van der Waals surface area contributed by atoms with E-state index in [2.05, 4.69) is 87.2 Å². The normalized spacial score (nSPS) is 16.5. The molecule has 0 saturated carbocycles. The van der Waals surface area contributed by atoms with Crippen LogP contribution in [0.4, 0.5) is 5.69 Å². The molecule has 1 fully saturated rings. The Morgan fingerprint density at radius 1 is 0.971 bits per heavy atom. The van der Waals surface area contributed by atoms with Gasteiger partial charge in [0.05, 0.1) is 6.04 Å². The highest BCUT2D eigenvalue weighted by Crippen LogP contribution is 2.26. The van der Waals surface area contributed by atoms with Crippen LogP contribution >= 0.6 is 0 Å². The lowest BCUT2D eigenvalue weighted by Crippen LogP contribution is -2.52. The number of hydrogen-bond acceptors (Lipinski definition) is 3. The van der Waals surface area contributed by atoms with Crippen LogP contribution in [-0.4, -0.2) is 42.5 Å². The molecule has 1 amide bonds. The Hall–Kier alpha value is -2.33. The highest BCUT2D eigenvalue weighted by atomic mass is 16.2. The van der Waals surface area contributed by atoms with Crippen molar-refractivity contribution in [2.45, 2.75) is 78.3 Å². The van der Waals surface area contributed by atoms with E-state index >= 15 is 0 Å². The van der Waals surface area contributed by atoms with Gasteiger partial charge in [-0.1, -0.05) is 76.6 Å². The second-order valence-electron chi connectivity index (χ2n) is 10.5. The van der Waals surface area contributed by atoms with Gasteiger partial charge in [-0.3, -0.25) is 4.79 Å². The highest BCUT2D eigenvalue weighted by Gasteiger charge is 2.30. The summed E-state index contributed by atoms with van der Waals surface area (Å²) in [6, 6.07) is 20.0. The van der Waals surface area contributed by atoms with Crippen molar-refractivity contribution in [3.8, 4) is 0 Å². The van der Waals surface area contributed by atoms with Crippen molar-refractivity contribution in [1.29, 1.82) is 0 Å². The van der Waals surface area contributed by atoms with Crippen molar-refractivity contribution in [1.82, 2.24) is 4.90 Å². The number of anilines is 1. The summed E-state index contributed by atoms with van der Waals surface area (Å²) in [6.45, 7) is 11.4. The average molecular weight is 464 g/mol. The van der Waals surface area contributed by atoms with Gasteiger partial charge in [-0.15, -0.1) is 0 Å². The molecule has 4 heteroatoms. The molecule has 1 aliphatic heterocycles. The van der Waals surface area contributed by atoms with E-state index in [1.54, 1.807) is 0 Å². The fraction of sp³-hybridized carbons (Fsp3) is 0.567. The number of rotatable bonds is 11. The summed E-state index contributed by atoms with van der Waals surface area (Å²) in [7, 11) is 0. The van der Waals surface area contributed by atoms with E-state index in [9.17, 15) is 4.79 Å². The summed E-state index contributed by atoms with van der Waals surface area (Å²) in [5.41, 5.74) is 10.3. The van der Waals surface area contributed by atoms with E-state index < -0.39 is 0 Å². The van der Waals surface area contributed by atoms with Gasteiger partial charge in [-0.2, -0.15) is 0 Å². The van der Waals surface area contributed by atoms with E-state index in [0.29, 0.717) is 12.0 Å². The number of carbonyl (C=O) groups is 1. The Bertz CT molecular complexity index is 856. The van der Waals surface area contributed by atoms with E-state index in [4.69, 9.17) is 5.73 Å². The maximum absolute atomic E-state index is 12.8. The minimum atomic E-state index is -0.373. The smallest absolute Gasteiger partial charge is 0.239 e. The molecule has 2 aromatic carbocycles. The third-order valence-electron chi connectivity index (χ3n) is 7.52. The zero-order chi connectivity index (χ0) is 24.5. The monoisotopic (exact) mass is 463 g/mol. The Kier molecular flexibility index (Phi) is 10.0. The second-order valence-corrected chi connectivity index (χ2v) is 10.5. The van der Waals surface area contributed by atoms with Crippen molar-refractivity contribution in [2.75, 3.05) is 24.5 Å². The Balaban J connectivity index is 1.62. The fourth-order valence-corrected chi connectivity index (χ4v) is 4.81. The molecule has 2 N–H and O–H groups in total. The van der Waals surface area contributed by atoms with E-state index in [1.807, 2.05) is 4.90 Å². The van der Waals surface area contributed by atoms with Gasteiger partial charge in [0.1, 0.15) is 0 Å². The first-order chi connectivity index (χ1) is 16.4. The summed E-state index contributed by atoms with van der Waals surface area (Å²) in [5.74, 6) is 1.03. The molecule has 34 heavy (non-hydrogen) atoms. The first-order valence-corrected chi connectivity index (χ1v) is 13.3. The molecule has 0 radical (unpaired) electrons. The third kappa shape index (κ3) is 7.33. The molecular formula is C30H45N3O. The first kappa shape index (κ1) is 26.3. The molecule has 4 nitrogen and oxygen atoms in total. The summed E-state index contributed by atoms with van der Waals surface area (Å²) in [6.07, 6.45) is 6.26. The molecular weight excluding hydrogens is 418 g/mol. The van der Waals surface area contributed by atoms with Crippen LogP contribution in [0.2, 0.25) is 0 Å². The molecule has 0 bridgehead atoms. The predicted octanol–water partition coefficient (Wildman–Crippen LogP) is 5.69. The molecule has 0 spiro atoms. The minimum Gasteiger partial charge on any atom is -0.368 e. The quantitative estimate of drug-likeness (QED) is 0.466. The number of benzene rings is 2. The van der Waals surface area contributed by atoms with E-state index in [0.717, 1.165) is 51.7 Å². The molecule has 2 aromatic rings. The van der Waals surface area contributed by atoms with Gasteiger partial charge >= 0.3 is 0 Å². The Morgan fingerprint density at radius 2 is 1.56 bits per heavy atom. The molecule has 1 aliphatic rings. The van der Waals surface area contributed by atoms with Crippen molar-refractivity contribution in [2.24, 2.45) is 17.6 Å². The number of amides is 1. The van der Waals surface area contributed by atoms with Gasteiger partial charge in [-0.05, 0) is 67.2 Å². The number of nitrogens with zero attached hydrogens (tertiary/aromatic N) is 2. The van der Waals surface area contributed by atoms with Crippen LogP contribution in [0.5, 0.6) is 0 Å². The van der Waals surface area contributed by atoms with Crippen LogP contribution in [0.25, 0.3) is 0 Å². The lowest BCUT2D eigenvalue weighted by molar-refractivity contribution is -0.134. The van der Waals surface area contributed by atoms with Crippen molar-refractivity contribution >= 4 is 11.6 Å². The number of piperidine rings is 1. The van der Waals surface area contributed by atoms with Crippen LogP contribution in [-0.2, 0) is 17.6 Å². The maximum atomic E-state index is 12.8. The number of nitrogens with two attached hydrogens (primary N) is 1. The van der Waals surface area contributed by atoms with Gasteiger partial charge < -0.3 is 15.5 Å². The molecule has 1 saturated heterocycles. The topological polar surface area (TPSA) is 49.6 Å². The third-order valence-corrected chi connectivity index (χ3v) is 7.52. The Morgan fingerprint density at radius 3 is 2.12 bits per heavy atom.